The summed E-state index contributed by atoms with van der Waals surface area (Å²) >= 11 is 0. The standard InChI is InChI=1S/C13H10N2O2/c1-15-11-6-8(13(16)17)2-3-9(11)10-4-5-14-7-12(10)15/h2-7H,1H3,(H,16,17). The maximum atomic E-state index is 10.9. The zero-order valence-corrected chi connectivity index (χ0v) is 9.21. The fourth-order valence-electron chi connectivity index (χ4n) is 2.18. The molecule has 2 aromatic heterocycles. The first-order valence-corrected chi connectivity index (χ1v) is 5.24. The largest absolute Gasteiger partial charge is 0.478 e. The summed E-state index contributed by atoms with van der Waals surface area (Å²) in [5.74, 6) is -0.907. The molecule has 0 saturated carbocycles. The molecule has 3 aromatic rings. The van der Waals surface area contributed by atoms with Gasteiger partial charge in [0, 0.05) is 29.5 Å². The molecule has 0 spiro atoms. The molecule has 0 saturated heterocycles. The van der Waals surface area contributed by atoms with E-state index in [0.717, 1.165) is 21.8 Å². The van der Waals surface area contributed by atoms with Gasteiger partial charge in [0.15, 0.2) is 0 Å². The van der Waals surface area contributed by atoms with Crippen molar-refractivity contribution in [1.29, 1.82) is 0 Å². The molecule has 4 heteroatoms. The molecular formula is C13H10N2O2. The van der Waals surface area contributed by atoms with E-state index in [1.54, 1.807) is 24.5 Å². The van der Waals surface area contributed by atoms with Crippen molar-refractivity contribution in [3.05, 3.63) is 42.2 Å². The van der Waals surface area contributed by atoms with Gasteiger partial charge in [-0.1, -0.05) is 6.07 Å². The topological polar surface area (TPSA) is 55.1 Å². The minimum absolute atomic E-state index is 0.302. The lowest BCUT2D eigenvalue weighted by molar-refractivity contribution is 0.0697. The summed E-state index contributed by atoms with van der Waals surface area (Å²) in [7, 11) is 1.91. The Labute approximate surface area is 97.1 Å². The smallest absolute Gasteiger partial charge is 0.335 e. The van der Waals surface area contributed by atoms with Crippen molar-refractivity contribution < 1.29 is 9.90 Å². The maximum Gasteiger partial charge on any atom is 0.335 e. The van der Waals surface area contributed by atoms with Crippen LogP contribution >= 0.6 is 0 Å². The van der Waals surface area contributed by atoms with E-state index in [9.17, 15) is 4.79 Å². The van der Waals surface area contributed by atoms with Crippen molar-refractivity contribution in [3.63, 3.8) is 0 Å². The number of aryl methyl sites for hydroxylation is 1. The molecule has 3 rings (SSSR count). The number of aromatic carboxylic acids is 1. The van der Waals surface area contributed by atoms with Gasteiger partial charge in [0.2, 0.25) is 0 Å². The Morgan fingerprint density at radius 1 is 1.24 bits per heavy atom. The minimum Gasteiger partial charge on any atom is -0.478 e. The Hall–Kier alpha value is -2.36. The van der Waals surface area contributed by atoms with Crippen LogP contribution in [0.5, 0.6) is 0 Å². The lowest BCUT2D eigenvalue weighted by Gasteiger charge is -1.98. The highest BCUT2D eigenvalue weighted by molar-refractivity contribution is 6.09. The van der Waals surface area contributed by atoms with Crippen LogP contribution < -0.4 is 0 Å². The summed E-state index contributed by atoms with van der Waals surface area (Å²) in [5.41, 5.74) is 2.22. The average Bonchev–Trinajstić information content (AvgIpc) is 2.64. The number of benzene rings is 1. The fraction of sp³-hybridized carbons (Fsp3) is 0.0769. The highest BCUT2D eigenvalue weighted by Gasteiger charge is 2.10. The van der Waals surface area contributed by atoms with Gasteiger partial charge in [0.05, 0.1) is 17.3 Å². The molecule has 84 valence electrons. The predicted molar refractivity (Wildman–Crippen MR) is 65.2 cm³/mol. The summed E-state index contributed by atoms with van der Waals surface area (Å²) in [6, 6.07) is 7.11. The highest BCUT2D eigenvalue weighted by Crippen LogP contribution is 2.27. The number of fused-ring (bicyclic) bond motifs is 3. The molecule has 17 heavy (non-hydrogen) atoms. The first-order valence-electron chi connectivity index (χ1n) is 5.24. The molecule has 2 heterocycles. The number of pyridine rings is 1. The number of carboxylic acids is 1. The van der Waals surface area contributed by atoms with Gasteiger partial charge in [0.1, 0.15) is 0 Å². The lowest BCUT2D eigenvalue weighted by Crippen LogP contribution is -1.96. The molecule has 1 aromatic carbocycles. The number of hydrogen-bond acceptors (Lipinski definition) is 2. The average molecular weight is 226 g/mol. The molecule has 4 nitrogen and oxygen atoms in total. The van der Waals surface area contributed by atoms with Gasteiger partial charge in [-0.2, -0.15) is 0 Å². The van der Waals surface area contributed by atoms with Gasteiger partial charge in [-0.3, -0.25) is 4.98 Å². The van der Waals surface area contributed by atoms with E-state index in [4.69, 9.17) is 5.11 Å². The summed E-state index contributed by atoms with van der Waals surface area (Å²) < 4.78 is 1.96. The molecule has 0 aliphatic rings. The molecule has 0 atom stereocenters. The highest BCUT2D eigenvalue weighted by atomic mass is 16.4. The van der Waals surface area contributed by atoms with E-state index in [-0.39, 0.29) is 0 Å². The van der Waals surface area contributed by atoms with Crippen molar-refractivity contribution in [2.45, 2.75) is 0 Å². The summed E-state index contributed by atoms with van der Waals surface area (Å²) in [6.45, 7) is 0. The van der Waals surface area contributed by atoms with Gasteiger partial charge in [-0.25, -0.2) is 4.79 Å². The van der Waals surface area contributed by atoms with Crippen LogP contribution in [0.3, 0.4) is 0 Å². The number of rotatable bonds is 1. The number of nitrogens with zero attached hydrogens (tertiary/aromatic N) is 2. The second-order valence-electron chi connectivity index (χ2n) is 3.99. The van der Waals surface area contributed by atoms with Gasteiger partial charge in [-0.05, 0) is 18.2 Å². The van der Waals surface area contributed by atoms with Crippen LogP contribution in [0.4, 0.5) is 0 Å². The van der Waals surface area contributed by atoms with E-state index < -0.39 is 5.97 Å². The monoisotopic (exact) mass is 226 g/mol. The second-order valence-corrected chi connectivity index (χ2v) is 3.99. The summed E-state index contributed by atoms with van der Waals surface area (Å²) in [4.78, 5) is 15.0. The Bertz CT molecular complexity index is 744. The Morgan fingerprint density at radius 2 is 2.00 bits per heavy atom. The van der Waals surface area contributed by atoms with Crippen LogP contribution in [0.25, 0.3) is 21.8 Å². The normalized spacial score (nSPS) is 11.1. The van der Waals surface area contributed by atoms with Crippen molar-refractivity contribution in [2.75, 3.05) is 0 Å². The zero-order valence-electron chi connectivity index (χ0n) is 9.21. The molecular weight excluding hydrogens is 216 g/mol. The Kier molecular flexibility index (Phi) is 1.92. The summed E-state index contributed by atoms with van der Waals surface area (Å²) in [5, 5.41) is 11.1. The van der Waals surface area contributed by atoms with Gasteiger partial charge in [0.25, 0.3) is 0 Å². The number of aromatic nitrogens is 2. The Balaban J connectivity index is 2.49. The van der Waals surface area contributed by atoms with Crippen LogP contribution in [0.2, 0.25) is 0 Å². The van der Waals surface area contributed by atoms with E-state index in [1.807, 2.05) is 23.7 Å². The van der Waals surface area contributed by atoms with Crippen LogP contribution in [0, 0.1) is 0 Å². The number of carboxylic acid groups (broad SMARTS) is 1. The van der Waals surface area contributed by atoms with Crippen molar-refractivity contribution >= 4 is 27.8 Å². The van der Waals surface area contributed by atoms with Crippen LogP contribution in [-0.2, 0) is 7.05 Å². The maximum absolute atomic E-state index is 10.9. The third-order valence-electron chi connectivity index (χ3n) is 3.06. The van der Waals surface area contributed by atoms with Crippen molar-refractivity contribution in [2.24, 2.45) is 7.05 Å². The van der Waals surface area contributed by atoms with E-state index in [0.29, 0.717) is 5.56 Å². The molecule has 0 fully saturated rings. The van der Waals surface area contributed by atoms with Gasteiger partial charge >= 0.3 is 5.97 Å². The van der Waals surface area contributed by atoms with Crippen LogP contribution in [-0.4, -0.2) is 20.6 Å². The minimum atomic E-state index is -0.907. The van der Waals surface area contributed by atoms with Crippen LogP contribution in [0.1, 0.15) is 10.4 Å². The Morgan fingerprint density at radius 3 is 2.76 bits per heavy atom. The molecule has 0 amide bonds. The quantitative estimate of drug-likeness (QED) is 0.693. The van der Waals surface area contributed by atoms with E-state index in [2.05, 4.69) is 4.98 Å². The second kappa shape index (κ2) is 3.31. The third kappa shape index (κ3) is 1.30. The van der Waals surface area contributed by atoms with Gasteiger partial charge in [-0.15, -0.1) is 0 Å². The zero-order chi connectivity index (χ0) is 12.0. The van der Waals surface area contributed by atoms with Crippen LogP contribution in [0.15, 0.2) is 36.7 Å². The number of hydrogen-bond donors (Lipinski definition) is 1. The molecule has 0 aliphatic carbocycles. The SMILES string of the molecule is Cn1c2cnccc2c2ccc(C(=O)O)cc21. The third-order valence-corrected chi connectivity index (χ3v) is 3.06. The van der Waals surface area contributed by atoms with Gasteiger partial charge < -0.3 is 9.67 Å². The van der Waals surface area contributed by atoms with E-state index >= 15 is 0 Å². The lowest BCUT2D eigenvalue weighted by atomic mass is 10.1. The van der Waals surface area contributed by atoms with Crippen molar-refractivity contribution in [3.8, 4) is 0 Å². The number of carbonyl (C=O) groups is 1. The van der Waals surface area contributed by atoms with Crippen molar-refractivity contribution in [1.82, 2.24) is 9.55 Å². The van der Waals surface area contributed by atoms with E-state index in [1.165, 1.54) is 0 Å². The molecule has 0 bridgehead atoms. The first-order chi connectivity index (χ1) is 8.18. The molecule has 1 N–H and O–H groups in total. The molecule has 0 aliphatic heterocycles. The molecule has 0 radical (unpaired) electrons. The molecule has 0 unspecified atom stereocenters. The fourth-order valence-corrected chi connectivity index (χ4v) is 2.18. The first kappa shape index (κ1) is 9.84. The summed E-state index contributed by atoms with van der Waals surface area (Å²) in [6.07, 6.45) is 3.53. The predicted octanol–water partition coefficient (Wildman–Crippen LogP) is 2.42.